The highest BCUT2D eigenvalue weighted by atomic mass is 32.2. The Morgan fingerprint density at radius 1 is 1.73 bits per heavy atom. The predicted octanol–water partition coefficient (Wildman–Crippen LogP) is 1.36. The van der Waals surface area contributed by atoms with Crippen LogP contribution in [0.2, 0.25) is 0 Å². The summed E-state index contributed by atoms with van der Waals surface area (Å²) in [5, 5.41) is 0.559. The van der Waals surface area contributed by atoms with Crippen molar-refractivity contribution < 1.29 is 4.79 Å². The van der Waals surface area contributed by atoms with E-state index in [4.69, 9.17) is 0 Å². The summed E-state index contributed by atoms with van der Waals surface area (Å²) in [5.74, 6) is 1.28. The summed E-state index contributed by atoms with van der Waals surface area (Å²) in [6.45, 7) is 3.84. The molecule has 1 saturated heterocycles. The fourth-order valence-electron chi connectivity index (χ4n) is 1.45. The number of ketones is 1. The topological polar surface area (TPSA) is 20.3 Å². The zero-order valence-electron chi connectivity index (χ0n) is 7.33. The van der Waals surface area contributed by atoms with Crippen molar-refractivity contribution >= 4 is 17.5 Å². The number of carbonyl (C=O) groups is 1. The number of nitrogens with zero attached hydrogens (tertiary/aromatic N) is 1. The van der Waals surface area contributed by atoms with Crippen LogP contribution in [0.15, 0.2) is 0 Å². The van der Waals surface area contributed by atoms with E-state index in [0.29, 0.717) is 11.2 Å². The minimum atomic E-state index is 0.171. The van der Waals surface area contributed by atoms with Gasteiger partial charge in [-0.25, -0.2) is 0 Å². The van der Waals surface area contributed by atoms with E-state index in [1.165, 1.54) is 0 Å². The molecule has 2 atom stereocenters. The van der Waals surface area contributed by atoms with Gasteiger partial charge in [-0.1, -0.05) is 6.92 Å². The smallest absolute Gasteiger partial charge is 0.147 e. The van der Waals surface area contributed by atoms with Crippen LogP contribution in [-0.2, 0) is 4.79 Å². The van der Waals surface area contributed by atoms with Crippen molar-refractivity contribution in [1.82, 2.24) is 4.90 Å². The van der Waals surface area contributed by atoms with Gasteiger partial charge in [-0.05, 0) is 20.4 Å². The first-order valence-corrected chi connectivity index (χ1v) is 5.05. The Labute approximate surface area is 72.3 Å². The average Bonchev–Trinajstić information content (AvgIpc) is 2.30. The molecule has 1 rings (SSSR count). The molecule has 3 heteroatoms. The largest absolute Gasteiger partial charge is 0.298 e. The minimum absolute atomic E-state index is 0.171. The van der Waals surface area contributed by atoms with Crippen LogP contribution >= 0.6 is 11.8 Å². The van der Waals surface area contributed by atoms with Crippen molar-refractivity contribution in [2.45, 2.75) is 31.7 Å². The van der Waals surface area contributed by atoms with Gasteiger partial charge in [0.25, 0.3) is 0 Å². The quantitative estimate of drug-likeness (QED) is 0.629. The fourth-order valence-corrected chi connectivity index (χ4v) is 2.94. The number of Topliss-reactive ketones (excluding diaryl/α,β-unsaturated/α-hetero) is 1. The maximum Gasteiger partial charge on any atom is 0.147 e. The van der Waals surface area contributed by atoms with E-state index in [9.17, 15) is 4.79 Å². The first-order valence-electron chi connectivity index (χ1n) is 4.00. The second kappa shape index (κ2) is 3.59. The van der Waals surface area contributed by atoms with Gasteiger partial charge in [0.15, 0.2) is 0 Å². The highest BCUT2D eigenvalue weighted by Crippen LogP contribution is 2.29. The summed E-state index contributed by atoms with van der Waals surface area (Å²) >= 11 is 1.89. The van der Waals surface area contributed by atoms with E-state index in [2.05, 4.69) is 11.8 Å². The zero-order chi connectivity index (χ0) is 8.43. The SMILES string of the molecule is CCC1SC[C@@H](C(C)=O)N1C. The molecule has 0 amide bonds. The molecule has 0 aromatic carbocycles. The van der Waals surface area contributed by atoms with Gasteiger partial charge in [-0.15, -0.1) is 11.8 Å². The monoisotopic (exact) mass is 173 g/mol. The molecule has 0 aromatic rings. The van der Waals surface area contributed by atoms with E-state index < -0.39 is 0 Å². The first-order chi connectivity index (χ1) is 5.16. The summed E-state index contributed by atoms with van der Waals surface area (Å²) < 4.78 is 0. The van der Waals surface area contributed by atoms with Crippen molar-refractivity contribution in [2.24, 2.45) is 0 Å². The molecule has 0 bridgehead atoms. The first kappa shape index (κ1) is 9.07. The molecule has 1 heterocycles. The zero-order valence-corrected chi connectivity index (χ0v) is 8.15. The van der Waals surface area contributed by atoms with Crippen LogP contribution in [0.4, 0.5) is 0 Å². The highest BCUT2D eigenvalue weighted by Gasteiger charge is 2.32. The molecule has 0 saturated carbocycles. The van der Waals surface area contributed by atoms with E-state index in [-0.39, 0.29) is 6.04 Å². The summed E-state index contributed by atoms with van der Waals surface area (Å²) in [5.41, 5.74) is 0. The lowest BCUT2D eigenvalue weighted by Crippen LogP contribution is -2.37. The highest BCUT2D eigenvalue weighted by molar-refractivity contribution is 8.00. The maximum absolute atomic E-state index is 11.1. The standard InChI is InChI=1S/C8H15NOS/c1-4-8-9(3)7(5-11-8)6(2)10/h7-8H,4-5H2,1-3H3/t7-,8?/m0/s1. The maximum atomic E-state index is 11.1. The van der Waals surface area contributed by atoms with E-state index in [1.807, 2.05) is 18.8 Å². The Hall–Kier alpha value is -0.0200. The summed E-state index contributed by atoms with van der Waals surface area (Å²) in [4.78, 5) is 13.3. The van der Waals surface area contributed by atoms with Gasteiger partial charge in [0.05, 0.1) is 11.4 Å². The van der Waals surface area contributed by atoms with Crippen LogP contribution in [0.25, 0.3) is 0 Å². The number of hydrogen-bond acceptors (Lipinski definition) is 3. The molecule has 0 aromatic heterocycles. The summed E-state index contributed by atoms with van der Waals surface area (Å²) in [6.07, 6.45) is 1.13. The second-order valence-electron chi connectivity index (χ2n) is 2.99. The number of thioether (sulfide) groups is 1. The number of carbonyl (C=O) groups excluding carboxylic acids is 1. The van der Waals surface area contributed by atoms with Crippen LogP contribution in [0, 0.1) is 0 Å². The molecule has 0 spiro atoms. The van der Waals surface area contributed by atoms with Crippen molar-refractivity contribution in [2.75, 3.05) is 12.8 Å². The third-order valence-electron chi connectivity index (χ3n) is 2.21. The molecule has 11 heavy (non-hydrogen) atoms. The van der Waals surface area contributed by atoms with Crippen LogP contribution in [0.3, 0.4) is 0 Å². The van der Waals surface area contributed by atoms with Crippen molar-refractivity contribution in [3.63, 3.8) is 0 Å². The van der Waals surface area contributed by atoms with Crippen LogP contribution in [-0.4, -0.2) is 34.9 Å². The third-order valence-corrected chi connectivity index (χ3v) is 3.77. The minimum Gasteiger partial charge on any atom is -0.298 e. The van der Waals surface area contributed by atoms with Gasteiger partial charge in [-0.3, -0.25) is 9.69 Å². The van der Waals surface area contributed by atoms with Crippen molar-refractivity contribution in [1.29, 1.82) is 0 Å². The molecular weight excluding hydrogens is 158 g/mol. The molecule has 2 nitrogen and oxygen atoms in total. The Kier molecular flexibility index (Phi) is 2.96. The second-order valence-corrected chi connectivity index (χ2v) is 4.20. The lowest BCUT2D eigenvalue weighted by molar-refractivity contribution is -0.120. The molecule has 1 aliphatic rings. The van der Waals surface area contributed by atoms with Gasteiger partial charge in [0.2, 0.25) is 0 Å². The molecule has 1 aliphatic heterocycles. The van der Waals surface area contributed by atoms with Gasteiger partial charge >= 0.3 is 0 Å². The Bertz CT molecular complexity index is 160. The normalized spacial score (nSPS) is 32.6. The van der Waals surface area contributed by atoms with E-state index >= 15 is 0 Å². The summed E-state index contributed by atoms with van der Waals surface area (Å²) in [6, 6.07) is 0.171. The van der Waals surface area contributed by atoms with Gasteiger partial charge < -0.3 is 0 Å². The van der Waals surface area contributed by atoms with Gasteiger partial charge in [0, 0.05) is 5.75 Å². The summed E-state index contributed by atoms with van der Waals surface area (Å²) in [7, 11) is 2.04. The third kappa shape index (κ3) is 1.76. The molecule has 0 aliphatic carbocycles. The lowest BCUT2D eigenvalue weighted by atomic mass is 10.2. The van der Waals surface area contributed by atoms with Gasteiger partial charge in [0.1, 0.15) is 5.78 Å². The van der Waals surface area contributed by atoms with Crippen LogP contribution in [0.5, 0.6) is 0 Å². The number of rotatable bonds is 2. The Morgan fingerprint density at radius 2 is 2.36 bits per heavy atom. The molecule has 1 fully saturated rings. The fraction of sp³-hybridized carbons (Fsp3) is 0.875. The average molecular weight is 173 g/mol. The van der Waals surface area contributed by atoms with Gasteiger partial charge in [-0.2, -0.15) is 0 Å². The van der Waals surface area contributed by atoms with Crippen LogP contribution in [0.1, 0.15) is 20.3 Å². The predicted molar refractivity (Wildman–Crippen MR) is 48.8 cm³/mol. The lowest BCUT2D eigenvalue weighted by Gasteiger charge is -2.21. The Balaban J connectivity index is 2.55. The van der Waals surface area contributed by atoms with E-state index in [1.54, 1.807) is 6.92 Å². The Morgan fingerprint density at radius 3 is 2.64 bits per heavy atom. The molecular formula is C8H15NOS. The number of hydrogen-bond donors (Lipinski definition) is 0. The van der Waals surface area contributed by atoms with Crippen molar-refractivity contribution in [3.05, 3.63) is 0 Å². The van der Waals surface area contributed by atoms with E-state index in [0.717, 1.165) is 12.2 Å². The molecule has 1 unspecified atom stereocenters. The molecule has 0 radical (unpaired) electrons. The molecule has 64 valence electrons. The number of likely N-dealkylation sites (N-methyl/N-ethyl adjacent to an activating group) is 1. The molecule has 0 N–H and O–H groups in total. The van der Waals surface area contributed by atoms with Crippen molar-refractivity contribution in [3.8, 4) is 0 Å². The van der Waals surface area contributed by atoms with Crippen LogP contribution < -0.4 is 0 Å².